The largest absolute Gasteiger partial charge is 0.497 e. The number of rotatable bonds is 3. The van der Waals surface area contributed by atoms with Crippen LogP contribution in [0.5, 0.6) is 5.75 Å². The van der Waals surface area contributed by atoms with Gasteiger partial charge in [0, 0.05) is 18.7 Å². The van der Waals surface area contributed by atoms with E-state index in [-0.39, 0.29) is 0 Å². The first kappa shape index (κ1) is 14.4. The van der Waals surface area contributed by atoms with Crippen LogP contribution in [-0.4, -0.2) is 16.5 Å². The van der Waals surface area contributed by atoms with Gasteiger partial charge in [0.1, 0.15) is 11.6 Å². The molecule has 2 heterocycles. The summed E-state index contributed by atoms with van der Waals surface area (Å²) in [4.78, 5) is 4.28. The molecule has 2 aromatic heterocycles. The van der Waals surface area contributed by atoms with Crippen LogP contribution in [0.25, 0.3) is 5.52 Å². The summed E-state index contributed by atoms with van der Waals surface area (Å²) >= 11 is 0. The van der Waals surface area contributed by atoms with Crippen molar-refractivity contribution in [1.82, 2.24) is 9.38 Å². The van der Waals surface area contributed by atoms with Crippen molar-refractivity contribution < 1.29 is 17.9 Å². The Kier molecular flexibility index (Phi) is 3.52. The quantitative estimate of drug-likeness (QED) is 0.732. The zero-order chi connectivity index (χ0) is 15.7. The summed E-state index contributed by atoms with van der Waals surface area (Å²) in [7, 11) is 1.58. The molecule has 0 fully saturated rings. The van der Waals surface area contributed by atoms with E-state index in [1.54, 1.807) is 31.6 Å². The van der Waals surface area contributed by atoms with E-state index in [0.717, 1.165) is 17.6 Å². The molecule has 3 rings (SSSR count). The van der Waals surface area contributed by atoms with Gasteiger partial charge in [0.05, 0.1) is 24.4 Å². The lowest BCUT2D eigenvalue weighted by molar-refractivity contribution is -0.137. The summed E-state index contributed by atoms with van der Waals surface area (Å²) in [5.41, 5.74) is 0.756. The molecule has 0 radical (unpaired) electrons. The maximum absolute atomic E-state index is 12.7. The van der Waals surface area contributed by atoms with Gasteiger partial charge < -0.3 is 9.14 Å². The van der Waals surface area contributed by atoms with Gasteiger partial charge in [0.25, 0.3) is 0 Å². The van der Waals surface area contributed by atoms with Crippen LogP contribution >= 0.6 is 0 Å². The van der Waals surface area contributed by atoms with Crippen molar-refractivity contribution in [1.29, 1.82) is 0 Å². The Balaban J connectivity index is 1.93. The Hall–Kier alpha value is -2.50. The van der Waals surface area contributed by atoms with Crippen LogP contribution in [0.2, 0.25) is 0 Å². The lowest BCUT2D eigenvalue weighted by Crippen LogP contribution is -2.06. The normalized spacial score (nSPS) is 11.8. The van der Waals surface area contributed by atoms with Gasteiger partial charge in [-0.05, 0) is 17.7 Å². The van der Waals surface area contributed by atoms with E-state index in [1.165, 1.54) is 6.07 Å². The van der Waals surface area contributed by atoms with E-state index in [9.17, 15) is 13.2 Å². The third-order valence-electron chi connectivity index (χ3n) is 3.43. The lowest BCUT2D eigenvalue weighted by Gasteiger charge is -2.08. The highest BCUT2D eigenvalue weighted by Gasteiger charge is 2.30. The second kappa shape index (κ2) is 5.36. The van der Waals surface area contributed by atoms with Crippen LogP contribution in [-0.2, 0) is 12.6 Å². The van der Waals surface area contributed by atoms with Crippen molar-refractivity contribution in [3.63, 3.8) is 0 Å². The Bertz CT molecular complexity index is 809. The molecular weight excluding hydrogens is 293 g/mol. The number of benzene rings is 1. The van der Waals surface area contributed by atoms with Gasteiger partial charge in [-0.2, -0.15) is 13.2 Å². The minimum Gasteiger partial charge on any atom is -0.497 e. The Morgan fingerprint density at radius 1 is 1.18 bits per heavy atom. The van der Waals surface area contributed by atoms with Crippen molar-refractivity contribution in [2.45, 2.75) is 12.6 Å². The maximum Gasteiger partial charge on any atom is 0.416 e. The summed E-state index contributed by atoms with van der Waals surface area (Å²) in [5, 5.41) is 0. The number of methoxy groups -OCH3 is 1. The van der Waals surface area contributed by atoms with E-state index in [4.69, 9.17) is 4.74 Å². The molecular formula is C16H13F3N2O. The molecule has 22 heavy (non-hydrogen) atoms. The van der Waals surface area contributed by atoms with Crippen molar-refractivity contribution >= 4 is 5.52 Å². The molecule has 0 aliphatic heterocycles. The Morgan fingerprint density at radius 2 is 2.00 bits per heavy atom. The number of aromatic nitrogens is 2. The number of fused-ring (bicyclic) bond motifs is 1. The summed E-state index contributed by atoms with van der Waals surface area (Å²) in [6, 6.07) is 8.91. The van der Waals surface area contributed by atoms with Gasteiger partial charge in [0.2, 0.25) is 0 Å². The molecule has 114 valence electrons. The number of imidazole rings is 1. The molecule has 0 bridgehead atoms. The smallest absolute Gasteiger partial charge is 0.416 e. The topological polar surface area (TPSA) is 26.5 Å². The minimum absolute atomic E-state index is 0.324. The first-order valence-electron chi connectivity index (χ1n) is 6.63. The summed E-state index contributed by atoms with van der Waals surface area (Å²) in [6.45, 7) is 0. The van der Waals surface area contributed by atoms with Gasteiger partial charge in [-0.1, -0.05) is 18.2 Å². The fourth-order valence-electron chi connectivity index (χ4n) is 2.33. The molecule has 0 amide bonds. The molecule has 0 unspecified atom stereocenters. The summed E-state index contributed by atoms with van der Waals surface area (Å²) < 4.78 is 45.2. The van der Waals surface area contributed by atoms with E-state index in [1.807, 2.05) is 10.5 Å². The van der Waals surface area contributed by atoms with Crippen LogP contribution in [0.15, 0.2) is 48.8 Å². The predicted octanol–water partition coefficient (Wildman–Crippen LogP) is 3.95. The average molecular weight is 306 g/mol. The Morgan fingerprint density at radius 3 is 2.73 bits per heavy atom. The molecule has 0 spiro atoms. The lowest BCUT2D eigenvalue weighted by atomic mass is 10.1. The molecule has 3 nitrogen and oxygen atoms in total. The Labute approximate surface area is 125 Å². The van der Waals surface area contributed by atoms with Crippen molar-refractivity contribution in [2.24, 2.45) is 0 Å². The number of nitrogens with zero attached hydrogens (tertiary/aromatic N) is 2. The van der Waals surface area contributed by atoms with E-state index in [0.29, 0.717) is 23.6 Å². The number of alkyl halides is 3. The summed E-state index contributed by atoms with van der Waals surface area (Å²) in [5.74, 6) is 1.38. The molecule has 1 aromatic carbocycles. The van der Waals surface area contributed by atoms with Crippen LogP contribution < -0.4 is 4.74 Å². The first-order chi connectivity index (χ1) is 10.5. The number of halogens is 3. The first-order valence-corrected chi connectivity index (χ1v) is 6.63. The van der Waals surface area contributed by atoms with Gasteiger partial charge in [-0.3, -0.25) is 0 Å². The highest BCUT2D eigenvalue weighted by atomic mass is 19.4. The second-order valence-corrected chi connectivity index (χ2v) is 4.91. The number of ether oxygens (including phenoxy) is 1. The summed E-state index contributed by atoms with van der Waals surface area (Å²) in [6.07, 6.45) is -0.544. The molecule has 0 N–H and O–H groups in total. The molecule has 0 aliphatic rings. The molecule has 0 saturated carbocycles. The van der Waals surface area contributed by atoms with Gasteiger partial charge >= 0.3 is 6.18 Å². The highest BCUT2D eigenvalue weighted by molar-refractivity contribution is 5.51. The van der Waals surface area contributed by atoms with Gasteiger partial charge in [0.15, 0.2) is 0 Å². The van der Waals surface area contributed by atoms with Crippen molar-refractivity contribution in [3.8, 4) is 5.75 Å². The number of pyridine rings is 1. The van der Waals surface area contributed by atoms with E-state index < -0.39 is 11.7 Å². The highest BCUT2D eigenvalue weighted by Crippen LogP contribution is 2.30. The van der Waals surface area contributed by atoms with Crippen LogP contribution in [0, 0.1) is 0 Å². The maximum atomic E-state index is 12.7. The standard InChI is InChI=1S/C16H13F3N2O/c1-22-14-5-6-21-13(9-14)10-20-15(21)8-11-3-2-4-12(7-11)16(17,18)19/h2-7,9-10H,8H2,1H3. The van der Waals surface area contributed by atoms with Crippen LogP contribution in [0.4, 0.5) is 13.2 Å². The second-order valence-electron chi connectivity index (χ2n) is 4.91. The van der Waals surface area contributed by atoms with Gasteiger partial charge in [-0.25, -0.2) is 4.98 Å². The van der Waals surface area contributed by atoms with Crippen molar-refractivity contribution in [3.05, 3.63) is 65.7 Å². The molecule has 6 heteroatoms. The zero-order valence-corrected chi connectivity index (χ0v) is 11.8. The monoisotopic (exact) mass is 306 g/mol. The zero-order valence-electron chi connectivity index (χ0n) is 11.8. The predicted molar refractivity (Wildman–Crippen MR) is 76.0 cm³/mol. The van der Waals surface area contributed by atoms with Gasteiger partial charge in [-0.15, -0.1) is 0 Å². The van der Waals surface area contributed by atoms with E-state index >= 15 is 0 Å². The third-order valence-corrected chi connectivity index (χ3v) is 3.43. The molecule has 0 saturated heterocycles. The minimum atomic E-state index is -4.34. The molecule has 0 aliphatic carbocycles. The van der Waals surface area contributed by atoms with Crippen molar-refractivity contribution in [2.75, 3.05) is 7.11 Å². The van der Waals surface area contributed by atoms with E-state index in [2.05, 4.69) is 4.98 Å². The van der Waals surface area contributed by atoms with Crippen LogP contribution in [0.3, 0.4) is 0 Å². The fourth-order valence-corrected chi connectivity index (χ4v) is 2.33. The SMILES string of the molecule is COc1ccn2c(Cc3cccc(C(F)(F)F)c3)ncc2c1. The third kappa shape index (κ3) is 2.77. The molecule has 0 atom stereocenters. The number of hydrogen-bond donors (Lipinski definition) is 0. The number of hydrogen-bond acceptors (Lipinski definition) is 2. The molecule has 3 aromatic rings. The fraction of sp³-hybridized carbons (Fsp3) is 0.188. The van der Waals surface area contributed by atoms with Crippen LogP contribution in [0.1, 0.15) is 17.0 Å². The average Bonchev–Trinajstić information content (AvgIpc) is 2.89.